The van der Waals surface area contributed by atoms with E-state index in [1.54, 1.807) is 24.3 Å². The molecule has 22 heavy (non-hydrogen) atoms. The van der Waals surface area contributed by atoms with Crippen LogP contribution in [0.2, 0.25) is 5.02 Å². The Labute approximate surface area is 133 Å². The molecule has 1 fully saturated rings. The van der Waals surface area contributed by atoms with Crippen molar-refractivity contribution in [2.24, 2.45) is 0 Å². The van der Waals surface area contributed by atoms with Crippen LogP contribution in [-0.4, -0.2) is 44.3 Å². The second-order valence-corrected chi connectivity index (χ2v) is 5.28. The number of rotatable bonds is 7. The quantitative estimate of drug-likeness (QED) is 0.769. The smallest absolute Gasteiger partial charge is 0.344 e. The predicted molar refractivity (Wildman–Crippen MR) is 79.9 cm³/mol. The molecule has 0 bridgehead atoms. The van der Waals surface area contributed by atoms with Crippen molar-refractivity contribution in [3.63, 3.8) is 0 Å². The van der Waals surface area contributed by atoms with E-state index >= 15 is 0 Å². The number of esters is 1. The zero-order valence-electron chi connectivity index (χ0n) is 12.0. The molecule has 1 aliphatic rings. The van der Waals surface area contributed by atoms with E-state index in [0.717, 1.165) is 19.4 Å². The number of halogens is 1. The Hall–Kier alpha value is -1.79. The third-order valence-corrected chi connectivity index (χ3v) is 3.34. The summed E-state index contributed by atoms with van der Waals surface area (Å²) in [4.78, 5) is 23.0. The average Bonchev–Trinajstić information content (AvgIpc) is 3.04. The summed E-state index contributed by atoms with van der Waals surface area (Å²) in [6, 6.07) is 6.59. The van der Waals surface area contributed by atoms with Gasteiger partial charge in [-0.2, -0.15) is 0 Å². The van der Waals surface area contributed by atoms with Gasteiger partial charge in [0.05, 0.1) is 6.10 Å². The lowest BCUT2D eigenvalue weighted by Crippen LogP contribution is -2.35. The number of ether oxygens (including phenoxy) is 3. The molecular formula is C15H18ClNO5. The van der Waals surface area contributed by atoms with Gasteiger partial charge in [-0.3, -0.25) is 4.79 Å². The fourth-order valence-corrected chi connectivity index (χ4v) is 2.07. The molecule has 0 aliphatic carbocycles. The molecule has 0 saturated carbocycles. The number of nitrogens with one attached hydrogen (secondary N) is 1. The summed E-state index contributed by atoms with van der Waals surface area (Å²) < 4.78 is 15.4. The first kappa shape index (κ1) is 16.6. The van der Waals surface area contributed by atoms with Crippen molar-refractivity contribution in [3.8, 4) is 5.75 Å². The van der Waals surface area contributed by atoms with Crippen LogP contribution in [0.3, 0.4) is 0 Å². The number of hydrogen-bond acceptors (Lipinski definition) is 5. The molecule has 1 heterocycles. The van der Waals surface area contributed by atoms with Gasteiger partial charge in [0.1, 0.15) is 5.75 Å². The molecule has 0 unspecified atom stereocenters. The second kappa shape index (κ2) is 8.60. The zero-order valence-corrected chi connectivity index (χ0v) is 12.8. The Morgan fingerprint density at radius 3 is 2.73 bits per heavy atom. The van der Waals surface area contributed by atoms with Crippen LogP contribution in [0.25, 0.3) is 0 Å². The number of amides is 1. The normalized spacial score (nSPS) is 17.0. The van der Waals surface area contributed by atoms with Crippen LogP contribution in [0, 0.1) is 0 Å². The van der Waals surface area contributed by atoms with E-state index in [2.05, 4.69) is 5.32 Å². The third kappa shape index (κ3) is 5.91. The van der Waals surface area contributed by atoms with Crippen molar-refractivity contribution in [2.75, 3.05) is 26.4 Å². The van der Waals surface area contributed by atoms with Crippen molar-refractivity contribution < 1.29 is 23.8 Å². The summed E-state index contributed by atoms with van der Waals surface area (Å²) in [7, 11) is 0. The summed E-state index contributed by atoms with van der Waals surface area (Å²) in [5, 5.41) is 3.24. The van der Waals surface area contributed by atoms with Crippen molar-refractivity contribution in [1.29, 1.82) is 0 Å². The molecule has 1 saturated heterocycles. The van der Waals surface area contributed by atoms with Crippen LogP contribution in [0.1, 0.15) is 12.8 Å². The highest BCUT2D eigenvalue weighted by Gasteiger charge is 2.16. The van der Waals surface area contributed by atoms with Gasteiger partial charge in [0.25, 0.3) is 5.91 Å². The van der Waals surface area contributed by atoms with E-state index in [0.29, 0.717) is 17.3 Å². The number of hydrogen-bond donors (Lipinski definition) is 1. The fourth-order valence-electron chi connectivity index (χ4n) is 1.94. The summed E-state index contributed by atoms with van der Waals surface area (Å²) in [5.74, 6) is -0.457. The maximum absolute atomic E-state index is 11.5. The molecule has 0 spiro atoms. The molecule has 7 heteroatoms. The molecule has 0 radical (unpaired) electrons. The predicted octanol–water partition coefficient (Wildman–Crippen LogP) is 1.56. The lowest BCUT2D eigenvalue weighted by Gasteiger charge is -2.11. The minimum Gasteiger partial charge on any atom is -0.482 e. The Bertz CT molecular complexity index is 499. The molecule has 1 aromatic carbocycles. The summed E-state index contributed by atoms with van der Waals surface area (Å²) >= 11 is 5.74. The summed E-state index contributed by atoms with van der Waals surface area (Å²) in [6.07, 6.45) is 2.01. The molecule has 1 amide bonds. The van der Waals surface area contributed by atoms with Gasteiger partial charge < -0.3 is 19.5 Å². The molecule has 0 aromatic heterocycles. The van der Waals surface area contributed by atoms with Gasteiger partial charge in [-0.1, -0.05) is 11.6 Å². The molecule has 1 N–H and O–H groups in total. The minimum atomic E-state index is -0.609. The number of benzene rings is 1. The maximum atomic E-state index is 11.5. The van der Waals surface area contributed by atoms with Gasteiger partial charge in [0.2, 0.25) is 0 Å². The molecular weight excluding hydrogens is 310 g/mol. The van der Waals surface area contributed by atoms with Gasteiger partial charge >= 0.3 is 5.97 Å². The molecule has 1 aliphatic heterocycles. The highest BCUT2D eigenvalue weighted by Crippen LogP contribution is 2.15. The van der Waals surface area contributed by atoms with Crippen molar-refractivity contribution >= 4 is 23.5 Å². The van der Waals surface area contributed by atoms with Crippen LogP contribution >= 0.6 is 11.6 Å². The summed E-state index contributed by atoms with van der Waals surface area (Å²) in [5.41, 5.74) is 0. The first-order valence-electron chi connectivity index (χ1n) is 7.06. The molecule has 1 atom stereocenters. The molecule has 120 valence electrons. The minimum absolute atomic E-state index is 0.0629. The first-order chi connectivity index (χ1) is 10.6. The van der Waals surface area contributed by atoms with E-state index in [1.807, 2.05) is 0 Å². The first-order valence-corrected chi connectivity index (χ1v) is 7.43. The summed E-state index contributed by atoms with van der Waals surface area (Å²) in [6.45, 7) is 0.589. The number of carbonyl (C=O) groups is 2. The average molecular weight is 328 g/mol. The highest BCUT2D eigenvalue weighted by molar-refractivity contribution is 6.30. The van der Waals surface area contributed by atoms with Gasteiger partial charge in [0, 0.05) is 18.2 Å². The largest absolute Gasteiger partial charge is 0.482 e. The van der Waals surface area contributed by atoms with Crippen molar-refractivity contribution in [1.82, 2.24) is 5.32 Å². The van der Waals surface area contributed by atoms with E-state index < -0.39 is 5.97 Å². The number of carbonyl (C=O) groups excluding carboxylic acids is 2. The van der Waals surface area contributed by atoms with Gasteiger partial charge in [0.15, 0.2) is 13.2 Å². The molecule has 1 aromatic rings. The highest BCUT2D eigenvalue weighted by atomic mass is 35.5. The Morgan fingerprint density at radius 1 is 1.27 bits per heavy atom. The van der Waals surface area contributed by atoms with Crippen LogP contribution in [0.5, 0.6) is 5.75 Å². The topological polar surface area (TPSA) is 73.9 Å². The van der Waals surface area contributed by atoms with E-state index in [1.165, 1.54) is 0 Å². The van der Waals surface area contributed by atoms with Crippen LogP contribution in [0.15, 0.2) is 24.3 Å². The zero-order chi connectivity index (χ0) is 15.8. The molecule has 6 nitrogen and oxygen atoms in total. The van der Waals surface area contributed by atoms with E-state index in [-0.39, 0.29) is 25.2 Å². The standard InChI is InChI=1S/C15H18ClNO5/c16-11-3-5-12(6-4-11)21-10-15(19)22-9-14(18)17-8-13-2-1-7-20-13/h3-6,13H,1-2,7-10H2,(H,17,18)/t13-/m1/s1. The van der Waals surface area contributed by atoms with Gasteiger partial charge in [-0.15, -0.1) is 0 Å². The van der Waals surface area contributed by atoms with Crippen molar-refractivity contribution in [2.45, 2.75) is 18.9 Å². The monoisotopic (exact) mass is 327 g/mol. The maximum Gasteiger partial charge on any atom is 0.344 e. The van der Waals surface area contributed by atoms with Gasteiger partial charge in [-0.25, -0.2) is 4.79 Å². The van der Waals surface area contributed by atoms with Gasteiger partial charge in [-0.05, 0) is 37.1 Å². The second-order valence-electron chi connectivity index (χ2n) is 4.84. The Morgan fingerprint density at radius 2 is 2.05 bits per heavy atom. The Balaban J connectivity index is 1.58. The third-order valence-electron chi connectivity index (χ3n) is 3.09. The van der Waals surface area contributed by atoms with Crippen LogP contribution in [-0.2, 0) is 19.1 Å². The lowest BCUT2D eigenvalue weighted by atomic mass is 10.2. The van der Waals surface area contributed by atoms with E-state index in [4.69, 9.17) is 25.8 Å². The van der Waals surface area contributed by atoms with Crippen LogP contribution in [0.4, 0.5) is 0 Å². The molecule has 2 rings (SSSR count). The van der Waals surface area contributed by atoms with E-state index in [9.17, 15) is 9.59 Å². The lowest BCUT2D eigenvalue weighted by molar-refractivity contribution is -0.150. The SMILES string of the molecule is O=C(COC(=O)COc1ccc(Cl)cc1)NC[C@H]1CCCO1. The fraction of sp³-hybridized carbons (Fsp3) is 0.467. The Kier molecular flexibility index (Phi) is 6.48. The van der Waals surface area contributed by atoms with Crippen LogP contribution < -0.4 is 10.1 Å². The van der Waals surface area contributed by atoms with Crippen molar-refractivity contribution in [3.05, 3.63) is 29.3 Å².